The minimum Gasteiger partial charge on any atom is -0.327 e. The molecular weight excluding hydrogens is 370 g/mol. The summed E-state index contributed by atoms with van der Waals surface area (Å²) < 4.78 is 27.5. The summed E-state index contributed by atoms with van der Waals surface area (Å²) in [6.07, 6.45) is 4.78. The van der Waals surface area contributed by atoms with Gasteiger partial charge in [0.15, 0.2) is 9.84 Å². The fourth-order valence-corrected chi connectivity index (χ4v) is 4.97. The van der Waals surface area contributed by atoms with Gasteiger partial charge < -0.3 is 9.47 Å². The zero-order valence-electron chi connectivity index (χ0n) is 18.0. The molecule has 0 radical (unpaired) electrons. The van der Waals surface area contributed by atoms with Crippen LogP contribution in [0.2, 0.25) is 0 Å². The SMILES string of the molecule is CC(C)S(=O)(=O)c1ccc2c(c1)nc(CC(C)(C)C)n2CCN1CCCCC1. The van der Waals surface area contributed by atoms with Crippen molar-refractivity contribution in [1.82, 2.24) is 14.5 Å². The quantitative estimate of drug-likeness (QED) is 0.719. The number of likely N-dealkylation sites (tertiary alicyclic amines) is 1. The van der Waals surface area contributed by atoms with Gasteiger partial charge in [0.1, 0.15) is 5.82 Å². The van der Waals surface area contributed by atoms with Crippen molar-refractivity contribution in [3.8, 4) is 0 Å². The molecule has 5 nitrogen and oxygen atoms in total. The second-order valence-electron chi connectivity index (χ2n) is 9.56. The summed E-state index contributed by atoms with van der Waals surface area (Å²) in [6.45, 7) is 14.4. The molecule has 28 heavy (non-hydrogen) atoms. The van der Waals surface area contributed by atoms with Gasteiger partial charge in [0.2, 0.25) is 0 Å². The average molecular weight is 406 g/mol. The first-order chi connectivity index (χ1) is 13.1. The third-order valence-electron chi connectivity index (χ3n) is 5.52. The standard InChI is InChI=1S/C22H35N3O2S/c1-17(2)28(26,27)18-9-10-20-19(15-18)23-21(16-22(3,4)5)25(20)14-13-24-11-7-6-8-12-24/h9-10,15,17H,6-8,11-14,16H2,1-5H3. The van der Waals surface area contributed by atoms with E-state index in [1.165, 1.54) is 32.4 Å². The molecule has 1 saturated heterocycles. The summed E-state index contributed by atoms with van der Waals surface area (Å²) >= 11 is 0. The van der Waals surface area contributed by atoms with Crippen molar-refractivity contribution < 1.29 is 8.42 Å². The largest absolute Gasteiger partial charge is 0.327 e. The lowest BCUT2D eigenvalue weighted by atomic mass is 9.92. The highest BCUT2D eigenvalue weighted by Crippen LogP contribution is 2.27. The predicted octanol–water partition coefficient (Wildman–Crippen LogP) is 4.29. The van der Waals surface area contributed by atoms with E-state index in [1.54, 1.807) is 26.0 Å². The van der Waals surface area contributed by atoms with Crippen molar-refractivity contribution in [3.05, 3.63) is 24.0 Å². The Labute approximate surface area is 170 Å². The van der Waals surface area contributed by atoms with E-state index in [0.717, 1.165) is 36.4 Å². The second-order valence-corrected chi connectivity index (χ2v) is 12.1. The summed E-state index contributed by atoms with van der Waals surface area (Å²) in [4.78, 5) is 7.78. The molecule has 0 bridgehead atoms. The van der Waals surface area contributed by atoms with Gasteiger partial charge in [0.25, 0.3) is 0 Å². The number of benzene rings is 1. The zero-order valence-corrected chi connectivity index (χ0v) is 18.8. The van der Waals surface area contributed by atoms with Gasteiger partial charge in [-0.3, -0.25) is 0 Å². The highest BCUT2D eigenvalue weighted by atomic mass is 32.2. The van der Waals surface area contributed by atoms with Gasteiger partial charge in [-0.05, 0) is 63.4 Å². The first kappa shape index (κ1) is 21.3. The van der Waals surface area contributed by atoms with E-state index in [2.05, 4.69) is 30.2 Å². The van der Waals surface area contributed by atoms with Gasteiger partial charge in [-0.2, -0.15) is 0 Å². The number of rotatable bonds is 6. The maximum atomic E-state index is 12.6. The van der Waals surface area contributed by atoms with Gasteiger partial charge in [-0.25, -0.2) is 13.4 Å². The maximum absolute atomic E-state index is 12.6. The van der Waals surface area contributed by atoms with Crippen LogP contribution in [0.25, 0.3) is 11.0 Å². The lowest BCUT2D eigenvalue weighted by molar-refractivity contribution is 0.220. The number of sulfone groups is 1. The smallest absolute Gasteiger partial charge is 0.180 e. The van der Waals surface area contributed by atoms with E-state index < -0.39 is 15.1 Å². The highest BCUT2D eigenvalue weighted by molar-refractivity contribution is 7.92. The van der Waals surface area contributed by atoms with E-state index >= 15 is 0 Å². The molecule has 0 unspecified atom stereocenters. The van der Waals surface area contributed by atoms with Crippen LogP contribution >= 0.6 is 0 Å². The summed E-state index contributed by atoms with van der Waals surface area (Å²) in [6, 6.07) is 5.45. The Hall–Kier alpha value is -1.40. The fourth-order valence-electron chi connectivity index (χ4n) is 3.89. The summed E-state index contributed by atoms with van der Waals surface area (Å²) in [5, 5.41) is -0.430. The Bertz CT molecular complexity index is 917. The number of nitrogens with zero attached hydrogens (tertiary/aromatic N) is 3. The number of fused-ring (bicyclic) bond motifs is 1. The van der Waals surface area contributed by atoms with Crippen molar-refractivity contribution in [1.29, 1.82) is 0 Å². The van der Waals surface area contributed by atoms with Crippen LogP contribution in [0.5, 0.6) is 0 Å². The summed E-state index contributed by atoms with van der Waals surface area (Å²) in [7, 11) is -3.29. The van der Waals surface area contributed by atoms with E-state index in [4.69, 9.17) is 4.98 Å². The Morgan fingerprint density at radius 2 is 1.75 bits per heavy atom. The second kappa shape index (κ2) is 8.15. The topological polar surface area (TPSA) is 55.2 Å². The molecule has 0 spiro atoms. The lowest BCUT2D eigenvalue weighted by Gasteiger charge is -2.27. The lowest BCUT2D eigenvalue weighted by Crippen LogP contribution is -2.33. The molecule has 1 aliphatic rings. The Morgan fingerprint density at radius 3 is 2.36 bits per heavy atom. The molecule has 0 aliphatic carbocycles. The number of aromatic nitrogens is 2. The Morgan fingerprint density at radius 1 is 1.07 bits per heavy atom. The Kier molecular flexibility index (Phi) is 6.20. The predicted molar refractivity (Wildman–Crippen MR) is 116 cm³/mol. The molecular formula is C22H35N3O2S. The minimum absolute atomic E-state index is 0.122. The van der Waals surface area contributed by atoms with Gasteiger partial charge >= 0.3 is 0 Å². The summed E-state index contributed by atoms with van der Waals surface area (Å²) in [5.74, 6) is 1.05. The monoisotopic (exact) mass is 405 g/mol. The van der Waals surface area contributed by atoms with Gasteiger partial charge in [-0.1, -0.05) is 27.2 Å². The molecule has 0 amide bonds. The molecule has 0 atom stereocenters. The molecule has 6 heteroatoms. The molecule has 1 aliphatic heterocycles. The molecule has 1 aromatic heterocycles. The molecule has 156 valence electrons. The van der Waals surface area contributed by atoms with Crippen LogP contribution in [0.3, 0.4) is 0 Å². The maximum Gasteiger partial charge on any atom is 0.180 e. The summed E-state index contributed by atoms with van der Waals surface area (Å²) in [5.41, 5.74) is 1.95. The van der Waals surface area contributed by atoms with Crippen LogP contribution in [0.1, 0.15) is 59.7 Å². The van der Waals surface area contributed by atoms with Crippen molar-refractivity contribution in [2.45, 2.75) is 77.0 Å². The molecule has 1 aromatic carbocycles. The van der Waals surface area contributed by atoms with E-state index in [9.17, 15) is 8.42 Å². The molecule has 0 saturated carbocycles. The zero-order chi connectivity index (χ0) is 20.5. The van der Waals surface area contributed by atoms with Crippen molar-refractivity contribution in [2.75, 3.05) is 19.6 Å². The van der Waals surface area contributed by atoms with Gasteiger partial charge in [0, 0.05) is 19.5 Å². The van der Waals surface area contributed by atoms with Crippen molar-refractivity contribution in [3.63, 3.8) is 0 Å². The van der Waals surface area contributed by atoms with Crippen LogP contribution in [0.15, 0.2) is 23.1 Å². The molecule has 2 heterocycles. The van der Waals surface area contributed by atoms with E-state index in [0.29, 0.717) is 4.90 Å². The minimum atomic E-state index is -3.29. The molecule has 3 rings (SSSR count). The third-order valence-corrected chi connectivity index (χ3v) is 7.68. The highest BCUT2D eigenvalue weighted by Gasteiger charge is 2.23. The normalized spacial score (nSPS) is 16.9. The molecule has 0 N–H and O–H groups in total. The number of imidazole rings is 1. The van der Waals surface area contributed by atoms with Gasteiger partial charge in [-0.15, -0.1) is 0 Å². The molecule has 2 aromatic rings. The fraction of sp³-hybridized carbons (Fsp3) is 0.682. The third kappa shape index (κ3) is 4.77. The van der Waals surface area contributed by atoms with E-state index in [1.807, 2.05) is 6.07 Å². The van der Waals surface area contributed by atoms with Crippen LogP contribution in [-0.4, -0.2) is 47.8 Å². The van der Waals surface area contributed by atoms with Crippen molar-refractivity contribution >= 4 is 20.9 Å². The molecule has 1 fully saturated rings. The number of hydrogen-bond acceptors (Lipinski definition) is 4. The van der Waals surface area contributed by atoms with Crippen LogP contribution in [-0.2, 0) is 22.8 Å². The van der Waals surface area contributed by atoms with Crippen LogP contribution < -0.4 is 0 Å². The van der Waals surface area contributed by atoms with Crippen LogP contribution in [0, 0.1) is 5.41 Å². The number of piperidine rings is 1. The first-order valence-corrected chi connectivity index (χ1v) is 12.1. The van der Waals surface area contributed by atoms with E-state index in [-0.39, 0.29) is 5.41 Å². The number of hydrogen-bond donors (Lipinski definition) is 0. The Balaban J connectivity index is 1.97. The first-order valence-electron chi connectivity index (χ1n) is 10.5. The van der Waals surface area contributed by atoms with Gasteiger partial charge in [0.05, 0.1) is 21.2 Å². The average Bonchev–Trinajstić information content (AvgIpc) is 2.95. The van der Waals surface area contributed by atoms with Crippen LogP contribution in [0.4, 0.5) is 0 Å². The van der Waals surface area contributed by atoms with Crippen molar-refractivity contribution in [2.24, 2.45) is 5.41 Å².